The van der Waals surface area contributed by atoms with Crippen LogP contribution in [0.1, 0.15) is 17.3 Å². The van der Waals surface area contributed by atoms with Crippen molar-refractivity contribution in [3.63, 3.8) is 0 Å². The molecule has 0 fully saturated rings. The Balaban J connectivity index is 1.48. The molecule has 0 aliphatic heterocycles. The van der Waals surface area contributed by atoms with Crippen LogP contribution in [-0.4, -0.2) is 29.8 Å². The van der Waals surface area contributed by atoms with E-state index in [0.717, 1.165) is 27.3 Å². The van der Waals surface area contributed by atoms with Gasteiger partial charge < -0.3 is 10.1 Å². The van der Waals surface area contributed by atoms with Crippen molar-refractivity contribution >= 4 is 28.6 Å². The third-order valence-corrected chi connectivity index (χ3v) is 4.74. The molecule has 0 unspecified atom stereocenters. The Morgan fingerprint density at radius 3 is 2.93 bits per heavy atom. The summed E-state index contributed by atoms with van der Waals surface area (Å²) >= 11 is 1.65. The van der Waals surface area contributed by atoms with Gasteiger partial charge in [-0.3, -0.25) is 9.78 Å². The van der Waals surface area contributed by atoms with Crippen molar-refractivity contribution in [2.24, 2.45) is 0 Å². The number of aromatic nitrogens is 1. The second-order valence-electron chi connectivity index (χ2n) is 5.61. The molecule has 0 radical (unpaired) electrons. The number of carbonyl (C=O) groups excluding carboxylic acids is 1. The standard InChI is InChI=1S/C22H20N2O2S/c1-2-27-21-10-4-3-9-19(21)22(25)24-13-5-6-15-26-18-12-11-17-8-7-14-23-20(17)16-18/h3-4,7-12,14,16H,2,13,15H2,1H3,(H,24,25). The molecule has 1 heterocycles. The van der Waals surface area contributed by atoms with E-state index in [4.69, 9.17) is 4.74 Å². The van der Waals surface area contributed by atoms with E-state index in [0.29, 0.717) is 5.56 Å². The van der Waals surface area contributed by atoms with Crippen LogP contribution in [0, 0.1) is 11.8 Å². The van der Waals surface area contributed by atoms with E-state index in [1.807, 2.05) is 54.6 Å². The molecule has 0 saturated heterocycles. The smallest absolute Gasteiger partial charge is 0.253 e. The number of hydrogen-bond donors (Lipinski definition) is 1. The third-order valence-electron chi connectivity index (χ3n) is 3.78. The number of pyridine rings is 1. The summed E-state index contributed by atoms with van der Waals surface area (Å²) < 4.78 is 5.63. The summed E-state index contributed by atoms with van der Waals surface area (Å²) in [6, 6.07) is 17.3. The molecule has 2 aromatic carbocycles. The third kappa shape index (κ3) is 5.25. The van der Waals surface area contributed by atoms with E-state index in [2.05, 4.69) is 29.1 Å². The van der Waals surface area contributed by atoms with Crippen LogP contribution >= 0.6 is 11.8 Å². The molecule has 1 amide bonds. The average molecular weight is 376 g/mol. The van der Waals surface area contributed by atoms with Gasteiger partial charge in [0.15, 0.2) is 0 Å². The van der Waals surface area contributed by atoms with Crippen molar-refractivity contribution < 1.29 is 9.53 Å². The van der Waals surface area contributed by atoms with Crippen LogP contribution in [0.15, 0.2) is 65.7 Å². The molecule has 1 aromatic heterocycles. The first-order valence-corrected chi connectivity index (χ1v) is 9.70. The van der Waals surface area contributed by atoms with Crippen LogP contribution in [-0.2, 0) is 0 Å². The Bertz CT molecular complexity index is 992. The van der Waals surface area contributed by atoms with Gasteiger partial charge in [0, 0.05) is 22.5 Å². The van der Waals surface area contributed by atoms with Crippen LogP contribution < -0.4 is 10.1 Å². The summed E-state index contributed by atoms with van der Waals surface area (Å²) in [6.07, 6.45) is 1.76. The number of amides is 1. The lowest BCUT2D eigenvalue weighted by atomic mass is 10.2. The highest BCUT2D eigenvalue weighted by atomic mass is 32.2. The van der Waals surface area contributed by atoms with Crippen molar-refractivity contribution in [1.29, 1.82) is 0 Å². The van der Waals surface area contributed by atoms with Crippen molar-refractivity contribution in [2.75, 3.05) is 18.9 Å². The Hall–Kier alpha value is -2.97. The summed E-state index contributed by atoms with van der Waals surface area (Å²) in [5, 5.41) is 3.90. The molecule has 3 aromatic rings. The fourth-order valence-corrected chi connectivity index (χ4v) is 3.33. The van der Waals surface area contributed by atoms with Crippen LogP contribution in [0.3, 0.4) is 0 Å². The lowest BCUT2D eigenvalue weighted by Gasteiger charge is -2.07. The SMILES string of the molecule is CCSc1ccccc1C(=O)NCC#CCOc1ccc2cccnc2c1. The number of carbonyl (C=O) groups is 1. The molecule has 1 N–H and O–H groups in total. The first-order valence-electron chi connectivity index (χ1n) is 8.71. The first-order chi connectivity index (χ1) is 13.3. The molecular weight excluding hydrogens is 356 g/mol. The molecule has 0 saturated carbocycles. The largest absolute Gasteiger partial charge is 0.481 e. The van der Waals surface area contributed by atoms with Crippen LogP contribution in [0.25, 0.3) is 10.9 Å². The minimum atomic E-state index is -0.109. The van der Waals surface area contributed by atoms with Gasteiger partial charge in [-0.2, -0.15) is 0 Å². The summed E-state index contributed by atoms with van der Waals surface area (Å²) in [4.78, 5) is 17.6. The zero-order chi connectivity index (χ0) is 18.9. The van der Waals surface area contributed by atoms with Crippen molar-refractivity contribution in [3.8, 4) is 17.6 Å². The van der Waals surface area contributed by atoms with E-state index in [1.54, 1.807) is 18.0 Å². The monoisotopic (exact) mass is 376 g/mol. The topological polar surface area (TPSA) is 51.2 Å². The first kappa shape index (κ1) is 18.8. The number of rotatable bonds is 6. The van der Waals surface area contributed by atoms with Crippen LogP contribution in [0.5, 0.6) is 5.75 Å². The molecule has 0 spiro atoms. The zero-order valence-corrected chi connectivity index (χ0v) is 15.9. The van der Waals surface area contributed by atoms with Crippen LogP contribution in [0.2, 0.25) is 0 Å². The number of thioether (sulfide) groups is 1. The second kappa shape index (κ2) is 9.65. The second-order valence-corrected chi connectivity index (χ2v) is 6.92. The van der Waals surface area contributed by atoms with Crippen molar-refractivity contribution in [2.45, 2.75) is 11.8 Å². The predicted molar refractivity (Wildman–Crippen MR) is 110 cm³/mol. The molecule has 0 atom stereocenters. The van der Waals surface area contributed by atoms with Gasteiger partial charge in [0.05, 0.1) is 17.6 Å². The minimum absolute atomic E-state index is 0.109. The summed E-state index contributed by atoms with van der Waals surface area (Å²) in [5.41, 5.74) is 1.57. The molecule has 3 rings (SSSR count). The Morgan fingerprint density at radius 2 is 2.04 bits per heavy atom. The van der Waals surface area contributed by atoms with Gasteiger partial charge >= 0.3 is 0 Å². The van der Waals surface area contributed by atoms with Gasteiger partial charge in [-0.05, 0) is 36.1 Å². The Labute approximate surface area is 163 Å². The van der Waals surface area contributed by atoms with Gasteiger partial charge in [0.2, 0.25) is 0 Å². The zero-order valence-electron chi connectivity index (χ0n) is 15.1. The van der Waals surface area contributed by atoms with E-state index in [-0.39, 0.29) is 19.1 Å². The normalized spacial score (nSPS) is 10.1. The van der Waals surface area contributed by atoms with E-state index < -0.39 is 0 Å². The maximum atomic E-state index is 12.3. The van der Waals surface area contributed by atoms with Gasteiger partial charge in [-0.15, -0.1) is 11.8 Å². The molecular formula is C22H20N2O2S. The molecule has 4 nitrogen and oxygen atoms in total. The molecule has 0 aliphatic rings. The van der Waals surface area contributed by atoms with Gasteiger partial charge in [-0.1, -0.05) is 37.0 Å². The number of nitrogens with zero attached hydrogens (tertiary/aromatic N) is 1. The number of ether oxygens (including phenoxy) is 1. The number of fused-ring (bicyclic) bond motifs is 1. The van der Waals surface area contributed by atoms with Gasteiger partial charge in [0.25, 0.3) is 5.91 Å². The molecule has 136 valence electrons. The minimum Gasteiger partial charge on any atom is -0.481 e. The van der Waals surface area contributed by atoms with E-state index >= 15 is 0 Å². The molecule has 5 heteroatoms. The summed E-state index contributed by atoms with van der Waals surface area (Å²) in [6.45, 7) is 2.61. The maximum Gasteiger partial charge on any atom is 0.253 e. The summed E-state index contributed by atoms with van der Waals surface area (Å²) in [5.74, 6) is 7.37. The van der Waals surface area contributed by atoms with Gasteiger partial charge in [-0.25, -0.2) is 0 Å². The van der Waals surface area contributed by atoms with Gasteiger partial charge in [0.1, 0.15) is 12.4 Å². The average Bonchev–Trinajstić information content (AvgIpc) is 2.71. The van der Waals surface area contributed by atoms with E-state index in [9.17, 15) is 4.79 Å². The fourth-order valence-electron chi connectivity index (χ4n) is 2.52. The molecule has 0 aliphatic carbocycles. The number of benzene rings is 2. The van der Waals surface area contributed by atoms with Crippen LogP contribution in [0.4, 0.5) is 0 Å². The molecule has 27 heavy (non-hydrogen) atoms. The van der Waals surface area contributed by atoms with E-state index in [1.165, 1.54) is 0 Å². The highest BCUT2D eigenvalue weighted by Gasteiger charge is 2.09. The lowest BCUT2D eigenvalue weighted by Crippen LogP contribution is -2.24. The molecule has 0 bridgehead atoms. The van der Waals surface area contributed by atoms with Crippen molar-refractivity contribution in [3.05, 3.63) is 66.4 Å². The Kier molecular flexibility index (Phi) is 6.72. The fraction of sp³-hybridized carbons (Fsp3) is 0.182. The lowest BCUT2D eigenvalue weighted by molar-refractivity contribution is 0.0956. The Morgan fingerprint density at radius 1 is 1.15 bits per heavy atom. The highest BCUT2D eigenvalue weighted by Crippen LogP contribution is 2.22. The quantitative estimate of drug-likeness (QED) is 0.518. The summed E-state index contributed by atoms with van der Waals surface area (Å²) in [7, 11) is 0. The predicted octanol–water partition coefficient (Wildman–Crippen LogP) is 4.16. The van der Waals surface area contributed by atoms with Crippen molar-refractivity contribution in [1.82, 2.24) is 10.3 Å². The highest BCUT2D eigenvalue weighted by molar-refractivity contribution is 7.99. The number of nitrogens with one attached hydrogen (secondary N) is 1. The maximum absolute atomic E-state index is 12.3. The number of hydrogen-bond acceptors (Lipinski definition) is 4.